The van der Waals surface area contributed by atoms with Gasteiger partial charge in [0.25, 0.3) is 0 Å². The first-order valence-corrected chi connectivity index (χ1v) is 9.65. The van der Waals surface area contributed by atoms with Gasteiger partial charge in [0, 0.05) is 25.3 Å². The lowest BCUT2D eigenvalue weighted by Gasteiger charge is -2.11. The van der Waals surface area contributed by atoms with Crippen LogP contribution in [0.25, 0.3) is 0 Å². The van der Waals surface area contributed by atoms with Gasteiger partial charge in [-0.15, -0.1) is 0 Å². The molecule has 0 fully saturated rings. The normalized spacial score (nSPS) is 10.6. The molecule has 0 aliphatic heterocycles. The predicted molar refractivity (Wildman–Crippen MR) is 115 cm³/mol. The van der Waals surface area contributed by atoms with Gasteiger partial charge in [0.15, 0.2) is 0 Å². The quantitative estimate of drug-likeness (QED) is 0.503. The molecule has 1 amide bonds. The molecule has 0 aliphatic carbocycles. The average molecular weight is 374 g/mol. The van der Waals surface area contributed by atoms with E-state index in [1.54, 1.807) is 0 Å². The Bertz CT molecular complexity index is 876. The Morgan fingerprint density at radius 3 is 2.18 bits per heavy atom. The first kappa shape index (κ1) is 19.8. The number of carbonyl (C=O) groups excluding carboxylic acids is 1. The van der Waals surface area contributed by atoms with Gasteiger partial charge >= 0.3 is 0 Å². The van der Waals surface area contributed by atoms with Crippen LogP contribution in [0.4, 0.5) is 5.69 Å². The molecule has 0 saturated carbocycles. The Labute approximate surface area is 166 Å². The topological polar surface area (TPSA) is 67.2 Å². The van der Waals surface area contributed by atoms with Crippen LogP contribution < -0.4 is 16.4 Å². The van der Waals surface area contributed by atoms with Crippen molar-refractivity contribution in [2.45, 2.75) is 19.4 Å². The monoisotopic (exact) mass is 373 g/mol. The summed E-state index contributed by atoms with van der Waals surface area (Å²) in [6.45, 7) is 2.19. The fraction of sp³-hybridized carbons (Fsp3) is 0.208. The summed E-state index contributed by atoms with van der Waals surface area (Å²) in [5.74, 6) is -0.00508. The van der Waals surface area contributed by atoms with Crippen molar-refractivity contribution < 1.29 is 4.79 Å². The molecule has 0 unspecified atom stereocenters. The molecule has 144 valence electrons. The van der Waals surface area contributed by atoms with E-state index >= 15 is 0 Å². The molecule has 0 heterocycles. The molecule has 3 aromatic carbocycles. The molecule has 0 bridgehead atoms. The van der Waals surface area contributed by atoms with Crippen molar-refractivity contribution in [2.24, 2.45) is 5.73 Å². The minimum atomic E-state index is -0.00508. The molecule has 28 heavy (non-hydrogen) atoms. The van der Waals surface area contributed by atoms with Crippen LogP contribution >= 0.6 is 0 Å². The lowest BCUT2D eigenvalue weighted by atomic mass is 9.98. The highest BCUT2D eigenvalue weighted by molar-refractivity contribution is 5.92. The summed E-state index contributed by atoms with van der Waals surface area (Å²) in [7, 11) is 0. The molecule has 3 rings (SSSR count). The van der Waals surface area contributed by atoms with E-state index in [4.69, 9.17) is 5.73 Å². The number of rotatable bonds is 9. The molecular weight excluding hydrogens is 346 g/mol. The van der Waals surface area contributed by atoms with Crippen molar-refractivity contribution in [1.82, 2.24) is 5.32 Å². The highest BCUT2D eigenvalue weighted by Gasteiger charge is 2.09. The van der Waals surface area contributed by atoms with Crippen molar-refractivity contribution >= 4 is 11.6 Å². The van der Waals surface area contributed by atoms with E-state index in [1.165, 1.54) is 16.7 Å². The lowest BCUT2D eigenvalue weighted by Crippen LogP contribution is -2.21. The third-order valence-corrected chi connectivity index (χ3v) is 4.59. The van der Waals surface area contributed by atoms with Crippen molar-refractivity contribution in [1.29, 1.82) is 0 Å². The van der Waals surface area contributed by atoms with Crippen LogP contribution in [0.1, 0.15) is 22.3 Å². The Balaban J connectivity index is 1.59. The molecule has 0 spiro atoms. The second-order valence-corrected chi connectivity index (χ2v) is 6.82. The van der Waals surface area contributed by atoms with E-state index in [0.29, 0.717) is 13.0 Å². The number of amides is 1. The zero-order chi connectivity index (χ0) is 19.6. The zero-order valence-electron chi connectivity index (χ0n) is 16.0. The number of hydrogen-bond acceptors (Lipinski definition) is 3. The number of benzene rings is 3. The van der Waals surface area contributed by atoms with E-state index in [0.717, 1.165) is 30.8 Å². The van der Waals surface area contributed by atoms with Crippen LogP contribution in [0.5, 0.6) is 0 Å². The number of nitrogens with two attached hydrogens (primary N) is 1. The third-order valence-electron chi connectivity index (χ3n) is 4.59. The maximum atomic E-state index is 12.5. The minimum Gasteiger partial charge on any atom is -0.329 e. The summed E-state index contributed by atoms with van der Waals surface area (Å²) >= 11 is 0. The molecular formula is C24H27N3O. The molecule has 0 aromatic heterocycles. The first-order valence-electron chi connectivity index (χ1n) is 9.65. The van der Waals surface area contributed by atoms with Crippen LogP contribution in [0, 0.1) is 0 Å². The zero-order valence-corrected chi connectivity index (χ0v) is 16.0. The van der Waals surface area contributed by atoms with Gasteiger partial charge in [-0.2, -0.15) is 0 Å². The molecule has 3 aromatic rings. The second kappa shape index (κ2) is 10.4. The third kappa shape index (κ3) is 6.05. The molecule has 0 saturated heterocycles. The SMILES string of the molecule is NCCNCc1ccc(NC(=O)Cc2ccccc2Cc2ccccc2)cc1. The fourth-order valence-electron chi connectivity index (χ4n) is 3.14. The number of nitrogens with one attached hydrogen (secondary N) is 2. The summed E-state index contributed by atoms with van der Waals surface area (Å²) in [5, 5.41) is 6.25. The maximum Gasteiger partial charge on any atom is 0.228 e. The Morgan fingerprint density at radius 2 is 1.46 bits per heavy atom. The average Bonchev–Trinajstić information content (AvgIpc) is 2.72. The van der Waals surface area contributed by atoms with Crippen molar-refractivity contribution in [3.8, 4) is 0 Å². The van der Waals surface area contributed by atoms with Crippen molar-refractivity contribution in [3.63, 3.8) is 0 Å². The molecule has 4 nitrogen and oxygen atoms in total. The van der Waals surface area contributed by atoms with Crippen molar-refractivity contribution in [2.75, 3.05) is 18.4 Å². The number of carbonyl (C=O) groups is 1. The van der Waals surface area contributed by atoms with Crippen LogP contribution in [0.3, 0.4) is 0 Å². The standard InChI is InChI=1S/C24H27N3O/c25-14-15-26-18-20-10-12-23(13-11-20)27-24(28)17-22-9-5-4-8-21(22)16-19-6-2-1-3-7-19/h1-13,26H,14-18,25H2,(H,27,28). The van der Waals surface area contributed by atoms with Gasteiger partial charge in [0.1, 0.15) is 0 Å². The Morgan fingerprint density at radius 1 is 0.786 bits per heavy atom. The lowest BCUT2D eigenvalue weighted by molar-refractivity contribution is -0.115. The van der Waals surface area contributed by atoms with E-state index in [2.05, 4.69) is 28.8 Å². The summed E-state index contributed by atoms with van der Waals surface area (Å²) in [6, 6.07) is 26.4. The van der Waals surface area contributed by atoms with E-state index < -0.39 is 0 Å². The molecule has 4 heteroatoms. The second-order valence-electron chi connectivity index (χ2n) is 6.82. The van der Waals surface area contributed by atoms with Crippen molar-refractivity contribution in [3.05, 3.63) is 101 Å². The Hall–Kier alpha value is -2.95. The summed E-state index contributed by atoms with van der Waals surface area (Å²) in [6.07, 6.45) is 1.19. The molecule has 4 N–H and O–H groups in total. The van der Waals surface area contributed by atoms with Crippen LogP contribution in [0.2, 0.25) is 0 Å². The van der Waals surface area contributed by atoms with E-state index in [9.17, 15) is 4.79 Å². The highest BCUT2D eigenvalue weighted by atomic mass is 16.1. The van der Waals surface area contributed by atoms with Gasteiger partial charge in [-0.05, 0) is 40.8 Å². The summed E-state index contributed by atoms with van der Waals surface area (Å²) in [4.78, 5) is 12.5. The van der Waals surface area contributed by atoms with Gasteiger partial charge in [-0.1, -0.05) is 66.7 Å². The summed E-state index contributed by atoms with van der Waals surface area (Å²) in [5.41, 5.74) is 10.9. The van der Waals surface area contributed by atoms with Gasteiger partial charge in [0.2, 0.25) is 5.91 Å². The molecule has 0 atom stereocenters. The minimum absolute atomic E-state index is 0.00508. The first-order chi connectivity index (χ1) is 13.7. The van der Waals surface area contributed by atoms with Gasteiger partial charge in [-0.25, -0.2) is 0 Å². The molecule has 0 radical (unpaired) electrons. The smallest absolute Gasteiger partial charge is 0.228 e. The van der Waals surface area contributed by atoms with Gasteiger partial charge < -0.3 is 16.4 Å². The maximum absolute atomic E-state index is 12.5. The Kier molecular flexibility index (Phi) is 7.36. The summed E-state index contributed by atoms with van der Waals surface area (Å²) < 4.78 is 0. The number of hydrogen-bond donors (Lipinski definition) is 3. The highest BCUT2D eigenvalue weighted by Crippen LogP contribution is 2.16. The molecule has 0 aliphatic rings. The number of anilines is 1. The van der Waals surface area contributed by atoms with E-state index in [1.807, 2.05) is 60.7 Å². The van der Waals surface area contributed by atoms with Gasteiger partial charge in [-0.3, -0.25) is 4.79 Å². The fourth-order valence-corrected chi connectivity index (χ4v) is 3.14. The van der Waals surface area contributed by atoms with E-state index in [-0.39, 0.29) is 5.91 Å². The largest absolute Gasteiger partial charge is 0.329 e. The van der Waals surface area contributed by atoms with Crippen LogP contribution in [0.15, 0.2) is 78.9 Å². The predicted octanol–water partition coefficient (Wildman–Crippen LogP) is 3.51. The van der Waals surface area contributed by atoms with Crippen LogP contribution in [-0.2, 0) is 24.2 Å². The van der Waals surface area contributed by atoms with Gasteiger partial charge in [0.05, 0.1) is 6.42 Å². The van der Waals surface area contributed by atoms with Crippen LogP contribution in [-0.4, -0.2) is 19.0 Å².